The van der Waals surface area contributed by atoms with Gasteiger partial charge in [0.1, 0.15) is 0 Å². The number of benzene rings is 4. The standard InChI is InChI=1S/2C35H32Si.2ClH.Zr/c2*1-24-22-32-28(26-14-6-4-7-15-26)18-10-12-20-30(32)34(24)36(3)35-25(2)23-33-29(19-11-13-21-31(33)35)27-16-8-5-9-17-27;;;/h2*4-23,28-29,36H,1-3H3;2*1H;/q2*-2;;;+2/p-2. The van der Waals surface area contributed by atoms with Gasteiger partial charge in [-0.25, -0.2) is 0 Å². The van der Waals surface area contributed by atoms with Gasteiger partial charge in [0.2, 0.25) is 0 Å². The van der Waals surface area contributed by atoms with E-state index in [-0.39, 0.29) is 0 Å². The molecule has 4 aliphatic carbocycles. The summed E-state index contributed by atoms with van der Waals surface area (Å²) >= 11 is -0.826. The van der Waals surface area contributed by atoms with E-state index in [1.165, 1.54) is 89.0 Å². The molecule has 8 aromatic rings. The van der Waals surface area contributed by atoms with E-state index in [0.717, 1.165) is 0 Å². The first kappa shape index (κ1) is 52.5. The molecule has 0 amide bonds. The molecule has 0 spiro atoms. The molecule has 0 N–H and O–H groups in total. The Balaban J connectivity index is 0.000000163. The van der Waals surface area contributed by atoms with Gasteiger partial charge >= 0.3 is 37.9 Å². The van der Waals surface area contributed by atoms with E-state index in [1.54, 1.807) is 20.7 Å². The van der Waals surface area contributed by atoms with Crippen molar-refractivity contribution in [3.05, 3.63) is 308 Å². The summed E-state index contributed by atoms with van der Waals surface area (Å²) in [6.45, 7) is 14.4. The minimum absolute atomic E-state index is 0.300. The molecule has 4 unspecified atom stereocenters. The van der Waals surface area contributed by atoms with Gasteiger partial charge in [0.15, 0.2) is 0 Å². The third-order valence-electron chi connectivity index (χ3n) is 16.0. The van der Waals surface area contributed by atoms with Crippen LogP contribution in [0.5, 0.6) is 0 Å². The van der Waals surface area contributed by atoms with Crippen LogP contribution in [0.3, 0.4) is 0 Å². The molecule has 0 nitrogen and oxygen atoms in total. The van der Waals surface area contributed by atoms with E-state index in [2.05, 4.69) is 284 Å². The Labute approximate surface area is 468 Å². The van der Waals surface area contributed by atoms with Crippen LogP contribution in [0, 0.1) is 27.7 Å². The third-order valence-corrected chi connectivity index (χ3v) is 22.5. The summed E-state index contributed by atoms with van der Waals surface area (Å²) in [6, 6.07) is 53.6. The van der Waals surface area contributed by atoms with Crippen LogP contribution < -0.4 is 20.7 Å². The number of rotatable bonds is 8. The molecule has 374 valence electrons. The Bertz CT molecular complexity index is 3050. The summed E-state index contributed by atoms with van der Waals surface area (Å²) in [7, 11) is 6.93. The molecule has 5 heteroatoms. The number of aryl methyl sites for hydroxylation is 4. The second kappa shape index (κ2) is 24.0. The zero-order valence-corrected chi connectivity index (χ0v) is 50.1. The number of hydrogen-bond donors (Lipinski definition) is 0. The van der Waals surface area contributed by atoms with Gasteiger partial charge in [-0.2, -0.15) is 68.8 Å². The molecular formula is C70H64Cl2Si2Zr-4. The molecule has 0 saturated heterocycles. The van der Waals surface area contributed by atoms with Crippen molar-refractivity contribution in [1.29, 1.82) is 0 Å². The maximum absolute atomic E-state index is 4.93. The summed E-state index contributed by atoms with van der Waals surface area (Å²) in [5.41, 5.74) is 22.9. The first-order valence-electron chi connectivity index (χ1n) is 26.4. The zero-order chi connectivity index (χ0) is 52.0. The van der Waals surface area contributed by atoms with Crippen molar-refractivity contribution >= 4 is 79.7 Å². The fourth-order valence-electron chi connectivity index (χ4n) is 12.9. The normalized spacial score (nSPS) is 18.4. The van der Waals surface area contributed by atoms with Crippen LogP contribution in [0.15, 0.2) is 219 Å². The number of allylic oxidation sites excluding steroid dienone is 12. The van der Waals surface area contributed by atoms with Crippen molar-refractivity contribution in [2.75, 3.05) is 0 Å². The van der Waals surface area contributed by atoms with E-state index < -0.39 is 38.4 Å². The molecule has 0 aliphatic heterocycles. The van der Waals surface area contributed by atoms with Crippen LogP contribution in [0.4, 0.5) is 0 Å². The van der Waals surface area contributed by atoms with Crippen molar-refractivity contribution in [3.8, 4) is 0 Å². The molecule has 0 fully saturated rings. The predicted octanol–water partition coefficient (Wildman–Crippen LogP) is 15.7. The monoisotopic (exact) mass is 1120 g/mol. The number of fused-ring (bicyclic) bond motifs is 4. The van der Waals surface area contributed by atoms with Gasteiger partial charge in [-0.05, 0) is 45.9 Å². The van der Waals surface area contributed by atoms with E-state index in [0.29, 0.717) is 23.7 Å². The first-order chi connectivity index (χ1) is 36.7. The predicted molar refractivity (Wildman–Crippen MR) is 329 cm³/mol. The van der Waals surface area contributed by atoms with Crippen LogP contribution in [-0.4, -0.2) is 17.6 Å². The van der Waals surface area contributed by atoms with Crippen LogP contribution in [-0.2, 0) is 20.8 Å². The van der Waals surface area contributed by atoms with Gasteiger partial charge in [-0.1, -0.05) is 211 Å². The van der Waals surface area contributed by atoms with Crippen LogP contribution in [0.2, 0.25) is 13.1 Å². The molecule has 75 heavy (non-hydrogen) atoms. The van der Waals surface area contributed by atoms with Crippen molar-refractivity contribution in [1.82, 2.24) is 0 Å². The number of hydrogen-bond acceptors (Lipinski definition) is 0. The fraction of sp³-hybridized carbons (Fsp3) is 0.143. The molecule has 0 aromatic heterocycles. The Morgan fingerprint density at radius 3 is 0.733 bits per heavy atom. The Kier molecular flexibility index (Phi) is 16.8. The average molecular weight is 1120 g/mol. The molecule has 4 atom stereocenters. The first-order valence-corrected chi connectivity index (χ1v) is 37.4. The van der Waals surface area contributed by atoms with Crippen molar-refractivity contribution < 1.29 is 20.8 Å². The number of halogens is 2. The van der Waals surface area contributed by atoms with Crippen LogP contribution in [0.1, 0.15) is 113 Å². The van der Waals surface area contributed by atoms with Crippen molar-refractivity contribution in [2.24, 2.45) is 0 Å². The van der Waals surface area contributed by atoms with Gasteiger partial charge < -0.3 is 0 Å². The summed E-state index contributed by atoms with van der Waals surface area (Å²) < 4.78 is 0. The van der Waals surface area contributed by atoms with E-state index in [9.17, 15) is 0 Å². The van der Waals surface area contributed by atoms with Gasteiger partial charge in [-0.3, -0.25) is 0 Å². The molecule has 8 aromatic carbocycles. The molecule has 12 rings (SSSR count). The Hall–Kier alpha value is -5.90. The van der Waals surface area contributed by atoms with Gasteiger partial charge in [-0.15, -0.1) is 91.6 Å². The van der Waals surface area contributed by atoms with Crippen LogP contribution in [0.25, 0.3) is 24.3 Å². The molecule has 0 heterocycles. The van der Waals surface area contributed by atoms with Crippen LogP contribution >= 0.6 is 17.0 Å². The fourth-order valence-corrected chi connectivity index (χ4v) is 19.5. The second-order valence-electron chi connectivity index (χ2n) is 20.5. The SMILES string of the molecule is Cc1cc2c([c-]1[SiH](C)[c-]1c(C)cc3c1C=CC=CC3c1ccccc1)C=CC=CC2c1ccccc1.Cc1cc2c([c-]1[SiH](C)[c-]1c(C)cc3c1C=CC=CC3c1ccccc1)C=CC=CC2c1ccccc1.[Cl][Zr][Cl]. The summed E-state index contributed by atoms with van der Waals surface area (Å²) in [5.74, 6) is 1.20. The van der Waals surface area contributed by atoms with Crippen molar-refractivity contribution in [3.63, 3.8) is 0 Å². The molecular weight excluding hydrogens is 1060 g/mol. The molecule has 0 bridgehead atoms. The average Bonchev–Trinajstić information content (AvgIpc) is 3.92. The summed E-state index contributed by atoms with van der Waals surface area (Å²) in [4.78, 5) is 0. The second-order valence-corrected chi connectivity index (χ2v) is 29.4. The molecule has 0 radical (unpaired) electrons. The molecule has 4 aliphatic rings. The van der Waals surface area contributed by atoms with E-state index in [1.807, 2.05) is 0 Å². The van der Waals surface area contributed by atoms with E-state index in [4.69, 9.17) is 17.0 Å². The zero-order valence-electron chi connectivity index (χ0n) is 43.8. The quantitative estimate of drug-likeness (QED) is 0.105. The van der Waals surface area contributed by atoms with E-state index >= 15 is 0 Å². The topological polar surface area (TPSA) is 0 Å². The van der Waals surface area contributed by atoms with Crippen molar-refractivity contribution in [2.45, 2.75) is 64.5 Å². The Morgan fingerprint density at radius 1 is 0.333 bits per heavy atom. The van der Waals surface area contributed by atoms with Gasteiger partial charge in [0.25, 0.3) is 0 Å². The maximum atomic E-state index is 4.93. The summed E-state index contributed by atoms with van der Waals surface area (Å²) in [5, 5.41) is 6.40. The van der Waals surface area contributed by atoms with Gasteiger partial charge in [0, 0.05) is 17.6 Å². The summed E-state index contributed by atoms with van der Waals surface area (Å²) in [6.07, 6.45) is 36.7. The van der Waals surface area contributed by atoms with Gasteiger partial charge in [0.05, 0.1) is 0 Å². The third kappa shape index (κ3) is 10.8. The molecule has 0 saturated carbocycles. The minimum atomic E-state index is -1.47. The Morgan fingerprint density at radius 2 is 0.533 bits per heavy atom.